The summed E-state index contributed by atoms with van der Waals surface area (Å²) in [5.74, 6) is 5.92. The Morgan fingerprint density at radius 1 is 0.788 bits per heavy atom. The first-order chi connectivity index (χ1) is 16.3. The van der Waals surface area contributed by atoms with Crippen molar-refractivity contribution in [1.82, 2.24) is 19.9 Å². The van der Waals surface area contributed by atoms with E-state index in [1.165, 1.54) is 6.20 Å². The molecular formula is C27H17FN4O. The summed E-state index contributed by atoms with van der Waals surface area (Å²) in [5, 5.41) is 0. The predicted molar refractivity (Wildman–Crippen MR) is 124 cm³/mol. The average molecular weight is 432 g/mol. The number of hydrogen-bond acceptors (Lipinski definition) is 5. The third kappa shape index (κ3) is 4.68. The van der Waals surface area contributed by atoms with E-state index >= 15 is 0 Å². The standard InChI is InChI=1S/C27H17FN4O/c28-23-17-29-16-14-22(23)18-33-27-25(31-26-24(32-27)7-4-15-30-26)13-10-19-8-11-21(12-9-19)20-5-2-1-3-6-20/h1-9,11-12,14-17H,18H2. The molecule has 0 saturated carbocycles. The Labute approximate surface area is 190 Å². The highest BCUT2D eigenvalue weighted by Gasteiger charge is 2.11. The van der Waals surface area contributed by atoms with E-state index in [0.29, 0.717) is 22.4 Å². The Bertz CT molecular complexity index is 1480. The lowest BCUT2D eigenvalue weighted by Crippen LogP contribution is -2.04. The molecule has 0 radical (unpaired) electrons. The van der Waals surface area contributed by atoms with Crippen molar-refractivity contribution in [2.75, 3.05) is 0 Å². The van der Waals surface area contributed by atoms with Gasteiger partial charge in [-0.15, -0.1) is 0 Å². The molecule has 0 unspecified atom stereocenters. The second-order valence-electron chi connectivity index (χ2n) is 7.17. The molecule has 33 heavy (non-hydrogen) atoms. The van der Waals surface area contributed by atoms with Crippen LogP contribution in [-0.2, 0) is 6.61 Å². The molecule has 0 aliphatic heterocycles. The van der Waals surface area contributed by atoms with E-state index in [1.807, 2.05) is 42.5 Å². The van der Waals surface area contributed by atoms with Gasteiger partial charge < -0.3 is 4.74 Å². The molecule has 0 aliphatic rings. The number of rotatable bonds is 4. The van der Waals surface area contributed by atoms with Gasteiger partial charge in [0.05, 0.1) is 6.20 Å². The molecule has 0 N–H and O–H groups in total. The van der Waals surface area contributed by atoms with Crippen molar-refractivity contribution >= 4 is 11.2 Å². The van der Waals surface area contributed by atoms with Crippen molar-refractivity contribution in [3.8, 4) is 28.8 Å². The zero-order valence-corrected chi connectivity index (χ0v) is 17.4. The van der Waals surface area contributed by atoms with Gasteiger partial charge in [0.15, 0.2) is 11.3 Å². The Kier molecular flexibility index (Phi) is 5.68. The van der Waals surface area contributed by atoms with E-state index in [-0.39, 0.29) is 12.5 Å². The van der Waals surface area contributed by atoms with Gasteiger partial charge in [-0.2, -0.15) is 0 Å². The highest BCUT2D eigenvalue weighted by molar-refractivity contribution is 5.71. The summed E-state index contributed by atoms with van der Waals surface area (Å²) in [5.41, 5.74) is 4.81. The van der Waals surface area contributed by atoms with Crippen molar-refractivity contribution in [3.63, 3.8) is 0 Å². The van der Waals surface area contributed by atoms with Gasteiger partial charge in [0.1, 0.15) is 17.9 Å². The van der Waals surface area contributed by atoms with Gasteiger partial charge in [0, 0.05) is 23.5 Å². The minimum absolute atomic E-state index is 0.0186. The smallest absolute Gasteiger partial charge is 0.250 e. The number of benzene rings is 2. The number of halogens is 1. The Balaban J connectivity index is 1.45. The van der Waals surface area contributed by atoms with Gasteiger partial charge >= 0.3 is 0 Å². The fourth-order valence-corrected chi connectivity index (χ4v) is 3.24. The van der Waals surface area contributed by atoms with Gasteiger partial charge in [0.2, 0.25) is 5.88 Å². The first kappa shape index (κ1) is 20.3. The summed E-state index contributed by atoms with van der Waals surface area (Å²) >= 11 is 0. The van der Waals surface area contributed by atoms with Crippen molar-refractivity contribution < 1.29 is 9.13 Å². The van der Waals surface area contributed by atoms with Crippen LogP contribution in [0.4, 0.5) is 4.39 Å². The number of nitrogens with zero attached hydrogens (tertiary/aromatic N) is 4. The molecule has 0 spiro atoms. The predicted octanol–water partition coefficient (Wildman–Crippen LogP) is 5.20. The number of hydrogen-bond donors (Lipinski definition) is 0. The molecule has 0 atom stereocenters. The second-order valence-corrected chi connectivity index (χ2v) is 7.17. The molecule has 0 aliphatic carbocycles. The van der Waals surface area contributed by atoms with Crippen molar-refractivity contribution in [2.24, 2.45) is 0 Å². The van der Waals surface area contributed by atoms with Crippen LogP contribution in [0.15, 0.2) is 91.4 Å². The first-order valence-corrected chi connectivity index (χ1v) is 10.3. The minimum Gasteiger partial charge on any atom is -0.471 e. The van der Waals surface area contributed by atoms with E-state index in [1.54, 1.807) is 24.4 Å². The molecule has 5 rings (SSSR count). The molecule has 0 amide bonds. The normalized spacial score (nSPS) is 10.5. The number of pyridine rings is 2. The van der Waals surface area contributed by atoms with Crippen LogP contribution in [0, 0.1) is 17.7 Å². The summed E-state index contributed by atoms with van der Waals surface area (Å²) in [6.07, 6.45) is 4.30. The second kappa shape index (κ2) is 9.25. The van der Waals surface area contributed by atoms with Crippen LogP contribution in [0.25, 0.3) is 22.3 Å². The quantitative estimate of drug-likeness (QED) is 0.365. The Morgan fingerprint density at radius 2 is 1.61 bits per heavy atom. The Hall–Kier alpha value is -4.63. The number of ether oxygens (including phenoxy) is 1. The third-order valence-corrected chi connectivity index (χ3v) is 4.95. The van der Waals surface area contributed by atoms with Gasteiger partial charge in [-0.3, -0.25) is 4.98 Å². The lowest BCUT2D eigenvalue weighted by molar-refractivity contribution is 0.286. The fraction of sp³-hybridized carbons (Fsp3) is 0.0370. The zero-order chi connectivity index (χ0) is 22.5. The highest BCUT2D eigenvalue weighted by Crippen LogP contribution is 2.21. The molecule has 3 heterocycles. The molecule has 3 aromatic heterocycles. The summed E-state index contributed by atoms with van der Waals surface area (Å²) in [4.78, 5) is 17.0. The van der Waals surface area contributed by atoms with E-state index in [2.05, 4.69) is 43.9 Å². The van der Waals surface area contributed by atoms with E-state index in [9.17, 15) is 4.39 Å². The third-order valence-electron chi connectivity index (χ3n) is 4.95. The minimum atomic E-state index is -0.445. The molecule has 2 aromatic carbocycles. The summed E-state index contributed by atoms with van der Waals surface area (Å²) < 4.78 is 19.8. The van der Waals surface area contributed by atoms with Crippen molar-refractivity contribution in [1.29, 1.82) is 0 Å². The van der Waals surface area contributed by atoms with Gasteiger partial charge in [-0.25, -0.2) is 19.3 Å². The molecular weight excluding hydrogens is 415 g/mol. The molecule has 6 heteroatoms. The average Bonchev–Trinajstić information content (AvgIpc) is 2.87. The molecule has 158 valence electrons. The van der Waals surface area contributed by atoms with Gasteiger partial charge in [0.25, 0.3) is 0 Å². The fourth-order valence-electron chi connectivity index (χ4n) is 3.24. The van der Waals surface area contributed by atoms with Crippen LogP contribution >= 0.6 is 0 Å². The van der Waals surface area contributed by atoms with E-state index in [4.69, 9.17) is 4.74 Å². The van der Waals surface area contributed by atoms with Gasteiger partial charge in [-0.1, -0.05) is 48.4 Å². The summed E-state index contributed by atoms with van der Waals surface area (Å²) in [7, 11) is 0. The lowest BCUT2D eigenvalue weighted by Gasteiger charge is -2.08. The summed E-state index contributed by atoms with van der Waals surface area (Å²) in [6, 6.07) is 23.2. The number of aromatic nitrogens is 4. The van der Waals surface area contributed by atoms with E-state index in [0.717, 1.165) is 22.9 Å². The van der Waals surface area contributed by atoms with Crippen molar-refractivity contribution in [3.05, 3.63) is 114 Å². The van der Waals surface area contributed by atoms with E-state index < -0.39 is 5.82 Å². The first-order valence-electron chi connectivity index (χ1n) is 10.3. The highest BCUT2D eigenvalue weighted by atomic mass is 19.1. The monoisotopic (exact) mass is 432 g/mol. The SMILES string of the molecule is Fc1cnccc1COc1nc2cccnc2nc1C#Cc1ccc(-c2ccccc2)cc1. The largest absolute Gasteiger partial charge is 0.471 e. The molecule has 0 bridgehead atoms. The van der Waals surface area contributed by atoms with Crippen LogP contribution in [0.5, 0.6) is 5.88 Å². The zero-order valence-electron chi connectivity index (χ0n) is 17.4. The van der Waals surface area contributed by atoms with Crippen LogP contribution in [0.1, 0.15) is 16.8 Å². The molecule has 5 nitrogen and oxygen atoms in total. The number of fused-ring (bicyclic) bond motifs is 1. The lowest BCUT2D eigenvalue weighted by atomic mass is 10.0. The van der Waals surface area contributed by atoms with Crippen LogP contribution < -0.4 is 4.74 Å². The topological polar surface area (TPSA) is 60.8 Å². The van der Waals surface area contributed by atoms with Crippen LogP contribution in [0.3, 0.4) is 0 Å². The van der Waals surface area contributed by atoms with Gasteiger partial charge in [-0.05, 0) is 47.4 Å². The van der Waals surface area contributed by atoms with Crippen LogP contribution in [0.2, 0.25) is 0 Å². The maximum Gasteiger partial charge on any atom is 0.250 e. The molecule has 0 saturated heterocycles. The Morgan fingerprint density at radius 3 is 2.42 bits per heavy atom. The molecule has 0 fully saturated rings. The summed E-state index contributed by atoms with van der Waals surface area (Å²) in [6.45, 7) is -0.0186. The maximum atomic E-state index is 14.0. The van der Waals surface area contributed by atoms with Crippen LogP contribution in [-0.4, -0.2) is 19.9 Å². The molecule has 5 aromatic rings. The maximum absolute atomic E-state index is 14.0. The van der Waals surface area contributed by atoms with Crippen molar-refractivity contribution in [2.45, 2.75) is 6.61 Å².